The topological polar surface area (TPSA) is 72.5 Å². The van der Waals surface area contributed by atoms with E-state index in [0.717, 1.165) is 5.56 Å². The number of ether oxygens (including phenoxy) is 1. The molecule has 0 unspecified atom stereocenters. The highest BCUT2D eigenvalue weighted by Crippen LogP contribution is 2.23. The van der Waals surface area contributed by atoms with E-state index in [1.54, 1.807) is 45.0 Å². The molecular weight excluding hydrogens is 326 g/mol. The molecule has 6 heteroatoms. The van der Waals surface area contributed by atoms with E-state index >= 15 is 0 Å². The SMILES string of the molecule is Cc1ccc(S(=O)(=O)Nc2ccccc2C(=O)OC(C)(C)C)cc1. The fraction of sp³-hybridized carbons (Fsp3) is 0.278. The number of hydrogen-bond donors (Lipinski definition) is 1. The summed E-state index contributed by atoms with van der Waals surface area (Å²) in [4.78, 5) is 12.4. The van der Waals surface area contributed by atoms with Crippen LogP contribution in [-0.2, 0) is 14.8 Å². The van der Waals surface area contributed by atoms with Crippen LogP contribution in [0.2, 0.25) is 0 Å². The Bertz CT molecular complexity index is 834. The number of carbonyl (C=O) groups excluding carboxylic acids is 1. The summed E-state index contributed by atoms with van der Waals surface area (Å²) < 4.78 is 32.8. The summed E-state index contributed by atoms with van der Waals surface area (Å²) in [6.45, 7) is 7.14. The summed E-state index contributed by atoms with van der Waals surface area (Å²) in [6.07, 6.45) is 0. The summed E-state index contributed by atoms with van der Waals surface area (Å²) >= 11 is 0. The Labute approximate surface area is 142 Å². The van der Waals surface area contributed by atoms with Crippen LogP contribution in [0.4, 0.5) is 5.69 Å². The fourth-order valence-electron chi connectivity index (χ4n) is 2.00. The van der Waals surface area contributed by atoms with Crippen LogP contribution in [0.15, 0.2) is 53.4 Å². The number of carbonyl (C=O) groups is 1. The lowest BCUT2D eigenvalue weighted by atomic mass is 10.1. The number of esters is 1. The molecule has 0 bridgehead atoms. The average Bonchev–Trinajstić information content (AvgIpc) is 2.46. The molecule has 0 radical (unpaired) electrons. The van der Waals surface area contributed by atoms with Crippen molar-refractivity contribution >= 4 is 21.7 Å². The van der Waals surface area contributed by atoms with Gasteiger partial charge in [0.1, 0.15) is 5.60 Å². The standard InChI is InChI=1S/C18H21NO4S/c1-13-9-11-14(12-10-13)24(21,22)19-16-8-6-5-7-15(16)17(20)23-18(2,3)4/h5-12,19H,1-4H3. The van der Waals surface area contributed by atoms with Gasteiger partial charge in [-0.3, -0.25) is 4.72 Å². The lowest BCUT2D eigenvalue weighted by Gasteiger charge is -2.20. The van der Waals surface area contributed by atoms with Crippen molar-refractivity contribution < 1.29 is 17.9 Å². The lowest BCUT2D eigenvalue weighted by molar-refractivity contribution is 0.00708. The molecule has 0 fully saturated rings. The molecule has 1 N–H and O–H groups in total. The first-order chi connectivity index (χ1) is 11.1. The molecule has 24 heavy (non-hydrogen) atoms. The number of benzene rings is 2. The van der Waals surface area contributed by atoms with Gasteiger partial charge in [0.2, 0.25) is 0 Å². The predicted octanol–water partition coefficient (Wildman–Crippen LogP) is 3.75. The van der Waals surface area contributed by atoms with Crippen LogP contribution in [0, 0.1) is 6.92 Å². The van der Waals surface area contributed by atoms with Gasteiger partial charge in [-0.25, -0.2) is 13.2 Å². The van der Waals surface area contributed by atoms with Crippen molar-refractivity contribution in [1.82, 2.24) is 0 Å². The predicted molar refractivity (Wildman–Crippen MR) is 93.6 cm³/mol. The molecule has 0 amide bonds. The minimum atomic E-state index is -3.79. The molecule has 0 heterocycles. The van der Waals surface area contributed by atoms with Crippen molar-refractivity contribution in [3.05, 3.63) is 59.7 Å². The van der Waals surface area contributed by atoms with Gasteiger partial charge < -0.3 is 4.74 Å². The van der Waals surface area contributed by atoms with Crippen LogP contribution in [0.5, 0.6) is 0 Å². The van der Waals surface area contributed by atoms with Gasteiger partial charge in [-0.2, -0.15) is 0 Å². The third-order valence-corrected chi connectivity index (χ3v) is 4.50. The quantitative estimate of drug-likeness (QED) is 0.855. The van der Waals surface area contributed by atoms with Gasteiger partial charge in [0, 0.05) is 0 Å². The zero-order chi connectivity index (χ0) is 18.0. The molecular formula is C18H21NO4S. The molecule has 2 rings (SSSR count). The van der Waals surface area contributed by atoms with E-state index in [1.165, 1.54) is 24.3 Å². The minimum absolute atomic E-state index is 0.132. The van der Waals surface area contributed by atoms with Crippen molar-refractivity contribution in [3.8, 4) is 0 Å². The van der Waals surface area contributed by atoms with E-state index in [4.69, 9.17) is 4.74 Å². The van der Waals surface area contributed by atoms with E-state index in [1.807, 2.05) is 6.92 Å². The second-order valence-corrected chi connectivity index (χ2v) is 8.15. The van der Waals surface area contributed by atoms with E-state index < -0.39 is 21.6 Å². The number of para-hydroxylation sites is 1. The van der Waals surface area contributed by atoms with Crippen molar-refractivity contribution in [2.75, 3.05) is 4.72 Å². The van der Waals surface area contributed by atoms with E-state index in [2.05, 4.69) is 4.72 Å². The maximum Gasteiger partial charge on any atom is 0.340 e. The van der Waals surface area contributed by atoms with Gasteiger partial charge in [-0.15, -0.1) is 0 Å². The maximum atomic E-state index is 12.5. The molecule has 0 aliphatic heterocycles. The second-order valence-electron chi connectivity index (χ2n) is 6.47. The molecule has 0 atom stereocenters. The number of nitrogens with one attached hydrogen (secondary N) is 1. The molecule has 0 spiro atoms. The molecule has 0 aliphatic carbocycles. The zero-order valence-corrected chi connectivity index (χ0v) is 15.0. The van der Waals surface area contributed by atoms with Crippen LogP contribution < -0.4 is 4.72 Å². The van der Waals surface area contributed by atoms with Crippen LogP contribution in [0.1, 0.15) is 36.7 Å². The Morgan fingerprint density at radius 2 is 1.58 bits per heavy atom. The monoisotopic (exact) mass is 347 g/mol. The fourth-order valence-corrected chi connectivity index (χ4v) is 3.08. The highest BCUT2D eigenvalue weighted by molar-refractivity contribution is 7.92. The van der Waals surface area contributed by atoms with Crippen molar-refractivity contribution in [2.45, 2.75) is 38.2 Å². The largest absolute Gasteiger partial charge is 0.456 e. The average molecular weight is 347 g/mol. The summed E-state index contributed by atoms with van der Waals surface area (Å²) in [7, 11) is -3.79. The Morgan fingerprint density at radius 1 is 1.00 bits per heavy atom. The Morgan fingerprint density at radius 3 is 2.17 bits per heavy atom. The first-order valence-corrected chi connectivity index (χ1v) is 8.99. The number of anilines is 1. The Hall–Kier alpha value is -2.34. The summed E-state index contributed by atoms with van der Waals surface area (Å²) in [6, 6.07) is 12.8. The highest BCUT2D eigenvalue weighted by Gasteiger charge is 2.22. The molecule has 0 aliphatic rings. The van der Waals surface area contributed by atoms with E-state index in [9.17, 15) is 13.2 Å². The number of rotatable bonds is 4. The first kappa shape index (κ1) is 18.0. The van der Waals surface area contributed by atoms with Gasteiger partial charge in [0.05, 0.1) is 16.1 Å². The molecule has 5 nitrogen and oxygen atoms in total. The van der Waals surface area contributed by atoms with Gasteiger partial charge in [-0.1, -0.05) is 29.8 Å². The van der Waals surface area contributed by atoms with Crippen molar-refractivity contribution in [1.29, 1.82) is 0 Å². The van der Waals surface area contributed by atoms with Gasteiger partial charge in [0.25, 0.3) is 10.0 Å². The number of sulfonamides is 1. The highest BCUT2D eigenvalue weighted by atomic mass is 32.2. The van der Waals surface area contributed by atoms with Crippen LogP contribution in [-0.4, -0.2) is 20.0 Å². The molecule has 2 aromatic rings. The van der Waals surface area contributed by atoms with Crippen LogP contribution in [0.3, 0.4) is 0 Å². The molecule has 0 aromatic heterocycles. The van der Waals surface area contributed by atoms with Crippen LogP contribution >= 0.6 is 0 Å². The Balaban J connectivity index is 2.33. The van der Waals surface area contributed by atoms with Crippen LogP contribution in [0.25, 0.3) is 0 Å². The third-order valence-electron chi connectivity index (χ3n) is 3.12. The molecule has 128 valence electrons. The van der Waals surface area contributed by atoms with Gasteiger partial charge >= 0.3 is 5.97 Å². The normalized spacial score (nSPS) is 11.8. The third kappa shape index (κ3) is 4.58. The lowest BCUT2D eigenvalue weighted by Crippen LogP contribution is -2.25. The van der Waals surface area contributed by atoms with Crippen molar-refractivity contribution in [3.63, 3.8) is 0 Å². The molecule has 0 saturated heterocycles. The van der Waals surface area contributed by atoms with E-state index in [-0.39, 0.29) is 16.1 Å². The summed E-state index contributed by atoms with van der Waals surface area (Å²) in [5.74, 6) is -0.579. The number of hydrogen-bond acceptors (Lipinski definition) is 4. The van der Waals surface area contributed by atoms with E-state index in [0.29, 0.717) is 0 Å². The van der Waals surface area contributed by atoms with Gasteiger partial charge in [-0.05, 0) is 52.0 Å². The van der Waals surface area contributed by atoms with Crippen molar-refractivity contribution in [2.24, 2.45) is 0 Å². The molecule has 0 saturated carbocycles. The second kappa shape index (κ2) is 6.65. The molecule has 2 aromatic carbocycles. The number of aryl methyl sites for hydroxylation is 1. The summed E-state index contributed by atoms with van der Waals surface area (Å²) in [5.41, 5.74) is 0.651. The minimum Gasteiger partial charge on any atom is -0.456 e. The first-order valence-electron chi connectivity index (χ1n) is 7.50. The zero-order valence-electron chi connectivity index (χ0n) is 14.2. The summed E-state index contributed by atoms with van der Waals surface area (Å²) in [5, 5.41) is 0. The maximum absolute atomic E-state index is 12.5. The Kier molecular flexibility index (Phi) is 4.99. The smallest absolute Gasteiger partial charge is 0.340 e. The van der Waals surface area contributed by atoms with Gasteiger partial charge in [0.15, 0.2) is 0 Å².